The van der Waals surface area contributed by atoms with Crippen LogP contribution in [0.5, 0.6) is 17.4 Å². The van der Waals surface area contributed by atoms with Crippen LogP contribution in [0.2, 0.25) is 0 Å². The molecule has 8 heteroatoms. The fraction of sp³-hybridized carbons (Fsp3) is 0.292. The fourth-order valence-electron chi connectivity index (χ4n) is 3.73. The quantitative estimate of drug-likeness (QED) is 0.601. The number of amides is 1. The molecule has 1 amide bonds. The molecule has 4 rings (SSSR count). The highest BCUT2D eigenvalue weighted by atomic mass is 19.1. The summed E-state index contributed by atoms with van der Waals surface area (Å²) in [6.45, 7) is 5.65. The Hall–Kier alpha value is -3.68. The molecule has 0 bridgehead atoms. The molecule has 0 aliphatic carbocycles. The van der Waals surface area contributed by atoms with Gasteiger partial charge in [-0.15, -0.1) is 0 Å². The standard InChI is InChI=1S/C24H25FN4O3/c1-16-4-9-20(25)21(12-16)32-23-13-22(26-15-27-23)28-10-11-29(17(2)14-28)24(30)18-5-7-19(31-3)8-6-18/h4-9,12-13,15,17H,10-11,14H2,1-3H3/t17-/m1/s1. The summed E-state index contributed by atoms with van der Waals surface area (Å²) in [5, 5.41) is 0. The Morgan fingerprint density at radius 3 is 2.59 bits per heavy atom. The van der Waals surface area contributed by atoms with Crippen LogP contribution >= 0.6 is 0 Å². The first kappa shape index (κ1) is 21.5. The first-order chi connectivity index (χ1) is 15.4. The van der Waals surface area contributed by atoms with Gasteiger partial charge in [-0.25, -0.2) is 14.4 Å². The van der Waals surface area contributed by atoms with Crippen LogP contribution in [-0.4, -0.2) is 53.6 Å². The summed E-state index contributed by atoms with van der Waals surface area (Å²) in [4.78, 5) is 25.4. The summed E-state index contributed by atoms with van der Waals surface area (Å²) in [7, 11) is 1.60. The second-order valence-corrected chi connectivity index (χ2v) is 7.77. The number of carbonyl (C=O) groups excluding carboxylic acids is 1. The minimum Gasteiger partial charge on any atom is -0.497 e. The third-order valence-electron chi connectivity index (χ3n) is 5.48. The molecule has 2 aromatic carbocycles. The summed E-state index contributed by atoms with van der Waals surface area (Å²) in [5.41, 5.74) is 1.52. The lowest BCUT2D eigenvalue weighted by Gasteiger charge is -2.40. The van der Waals surface area contributed by atoms with Crippen LogP contribution in [0.25, 0.3) is 0 Å². The average molecular weight is 436 g/mol. The van der Waals surface area contributed by atoms with E-state index in [1.165, 1.54) is 12.4 Å². The number of aryl methyl sites for hydroxylation is 1. The van der Waals surface area contributed by atoms with Gasteiger partial charge >= 0.3 is 0 Å². The minimum atomic E-state index is -0.449. The van der Waals surface area contributed by atoms with Crippen molar-refractivity contribution in [3.05, 3.63) is 71.8 Å². The average Bonchev–Trinajstić information content (AvgIpc) is 2.81. The van der Waals surface area contributed by atoms with E-state index in [1.54, 1.807) is 49.6 Å². The minimum absolute atomic E-state index is 0.0126. The van der Waals surface area contributed by atoms with E-state index in [0.29, 0.717) is 36.8 Å². The van der Waals surface area contributed by atoms with Gasteiger partial charge in [-0.2, -0.15) is 0 Å². The SMILES string of the molecule is COc1ccc(C(=O)N2CCN(c3cc(Oc4cc(C)ccc4F)ncn3)C[C@H]2C)cc1. The van der Waals surface area contributed by atoms with Crippen LogP contribution in [0.4, 0.5) is 10.2 Å². The predicted octanol–water partition coefficient (Wildman–Crippen LogP) is 4.08. The molecule has 0 spiro atoms. The maximum absolute atomic E-state index is 14.0. The Morgan fingerprint density at radius 1 is 1.09 bits per heavy atom. The molecule has 0 saturated carbocycles. The number of anilines is 1. The topological polar surface area (TPSA) is 67.8 Å². The highest BCUT2D eigenvalue weighted by Crippen LogP contribution is 2.27. The third-order valence-corrected chi connectivity index (χ3v) is 5.48. The first-order valence-corrected chi connectivity index (χ1v) is 10.4. The molecule has 0 radical (unpaired) electrons. The molecule has 1 atom stereocenters. The maximum atomic E-state index is 14.0. The predicted molar refractivity (Wildman–Crippen MR) is 119 cm³/mol. The Kier molecular flexibility index (Phi) is 6.20. The van der Waals surface area contributed by atoms with Crippen LogP contribution in [0, 0.1) is 12.7 Å². The van der Waals surface area contributed by atoms with Crippen molar-refractivity contribution in [1.29, 1.82) is 0 Å². The molecule has 1 aliphatic rings. The van der Waals surface area contributed by atoms with Crippen molar-refractivity contribution in [1.82, 2.24) is 14.9 Å². The van der Waals surface area contributed by atoms with Crippen molar-refractivity contribution in [2.24, 2.45) is 0 Å². The van der Waals surface area contributed by atoms with E-state index in [2.05, 4.69) is 14.9 Å². The zero-order valence-corrected chi connectivity index (χ0v) is 18.3. The van der Waals surface area contributed by atoms with Gasteiger partial charge in [0.25, 0.3) is 5.91 Å². The van der Waals surface area contributed by atoms with E-state index in [4.69, 9.17) is 9.47 Å². The van der Waals surface area contributed by atoms with Gasteiger partial charge in [-0.3, -0.25) is 4.79 Å². The second kappa shape index (κ2) is 9.21. The van der Waals surface area contributed by atoms with Crippen molar-refractivity contribution in [3.8, 4) is 17.4 Å². The van der Waals surface area contributed by atoms with E-state index < -0.39 is 5.82 Å². The fourth-order valence-corrected chi connectivity index (χ4v) is 3.73. The van der Waals surface area contributed by atoms with Gasteiger partial charge in [-0.1, -0.05) is 6.07 Å². The van der Waals surface area contributed by atoms with E-state index in [-0.39, 0.29) is 23.6 Å². The van der Waals surface area contributed by atoms with Crippen LogP contribution in [0.1, 0.15) is 22.8 Å². The molecule has 2 heterocycles. The number of hydrogen-bond donors (Lipinski definition) is 0. The normalized spacial score (nSPS) is 16.1. The number of benzene rings is 2. The van der Waals surface area contributed by atoms with E-state index in [9.17, 15) is 9.18 Å². The highest BCUT2D eigenvalue weighted by Gasteiger charge is 2.29. The summed E-state index contributed by atoms with van der Waals surface area (Å²) in [5.74, 6) is 1.32. The van der Waals surface area contributed by atoms with Gasteiger partial charge in [0, 0.05) is 37.3 Å². The molecular formula is C24H25FN4O3. The molecule has 1 aromatic heterocycles. The van der Waals surface area contributed by atoms with Crippen molar-refractivity contribution in [2.75, 3.05) is 31.6 Å². The number of piperazine rings is 1. The van der Waals surface area contributed by atoms with E-state index in [1.807, 2.05) is 18.7 Å². The summed E-state index contributed by atoms with van der Waals surface area (Å²) >= 11 is 0. The van der Waals surface area contributed by atoms with Gasteiger partial charge in [-0.05, 0) is 55.8 Å². The van der Waals surface area contributed by atoms with Crippen molar-refractivity contribution in [3.63, 3.8) is 0 Å². The van der Waals surface area contributed by atoms with Crippen molar-refractivity contribution >= 4 is 11.7 Å². The van der Waals surface area contributed by atoms with Crippen LogP contribution < -0.4 is 14.4 Å². The molecule has 1 fully saturated rings. The maximum Gasteiger partial charge on any atom is 0.254 e. The van der Waals surface area contributed by atoms with Gasteiger partial charge in [0.1, 0.15) is 17.9 Å². The lowest BCUT2D eigenvalue weighted by atomic mass is 10.1. The number of halogens is 1. The number of methoxy groups -OCH3 is 1. The molecule has 166 valence electrons. The summed E-state index contributed by atoms with van der Waals surface area (Å²) in [6, 6.07) is 13.5. The monoisotopic (exact) mass is 436 g/mol. The number of rotatable bonds is 5. The molecule has 3 aromatic rings. The van der Waals surface area contributed by atoms with E-state index >= 15 is 0 Å². The van der Waals surface area contributed by atoms with Crippen molar-refractivity contribution in [2.45, 2.75) is 19.9 Å². The van der Waals surface area contributed by atoms with Crippen molar-refractivity contribution < 1.29 is 18.7 Å². The second-order valence-electron chi connectivity index (χ2n) is 7.77. The molecular weight excluding hydrogens is 411 g/mol. The van der Waals surface area contributed by atoms with Gasteiger partial charge in [0.15, 0.2) is 11.6 Å². The van der Waals surface area contributed by atoms with Gasteiger partial charge in [0.2, 0.25) is 5.88 Å². The van der Waals surface area contributed by atoms with E-state index in [0.717, 1.165) is 5.56 Å². The summed E-state index contributed by atoms with van der Waals surface area (Å²) in [6.07, 6.45) is 1.40. The first-order valence-electron chi connectivity index (χ1n) is 10.4. The van der Waals surface area contributed by atoms with Crippen LogP contribution in [0.15, 0.2) is 54.9 Å². The molecule has 0 unspecified atom stereocenters. The summed E-state index contributed by atoms with van der Waals surface area (Å²) < 4.78 is 24.9. The van der Waals surface area contributed by atoms with Crippen LogP contribution in [0.3, 0.4) is 0 Å². The van der Waals surface area contributed by atoms with Crippen LogP contribution in [-0.2, 0) is 0 Å². The number of nitrogens with zero attached hydrogens (tertiary/aromatic N) is 4. The molecule has 32 heavy (non-hydrogen) atoms. The lowest BCUT2D eigenvalue weighted by Crippen LogP contribution is -2.54. The number of hydrogen-bond acceptors (Lipinski definition) is 6. The largest absolute Gasteiger partial charge is 0.497 e. The number of aromatic nitrogens is 2. The Balaban J connectivity index is 1.44. The van der Waals surface area contributed by atoms with Gasteiger partial charge in [0.05, 0.1) is 7.11 Å². The zero-order chi connectivity index (χ0) is 22.7. The number of ether oxygens (including phenoxy) is 2. The number of carbonyl (C=O) groups is 1. The van der Waals surface area contributed by atoms with Gasteiger partial charge < -0.3 is 19.3 Å². The smallest absolute Gasteiger partial charge is 0.254 e. The molecule has 7 nitrogen and oxygen atoms in total. The molecule has 1 saturated heterocycles. The lowest BCUT2D eigenvalue weighted by molar-refractivity contribution is 0.0673. The third kappa shape index (κ3) is 4.64. The molecule has 0 N–H and O–H groups in total. The highest BCUT2D eigenvalue weighted by molar-refractivity contribution is 5.94. The Labute approximate surface area is 186 Å². The Morgan fingerprint density at radius 2 is 1.88 bits per heavy atom. The zero-order valence-electron chi connectivity index (χ0n) is 18.3. The molecule has 1 aliphatic heterocycles. The Bertz CT molecular complexity index is 1110.